The Morgan fingerprint density at radius 1 is 1.17 bits per heavy atom. The summed E-state index contributed by atoms with van der Waals surface area (Å²) in [6.45, 7) is 0. The lowest BCUT2D eigenvalue weighted by atomic mass is 10.0. The van der Waals surface area contributed by atoms with Gasteiger partial charge in [-0.25, -0.2) is 4.39 Å². The van der Waals surface area contributed by atoms with Gasteiger partial charge in [-0.1, -0.05) is 40.9 Å². The Kier molecular flexibility index (Phi) is 4.51. The van der Waals surface area contributed by atoms with Gasteiger partial charge in [-0.15, -0.1) is 11.3 Å². The third-order valence-corrected chi connectivity index (χ3v) is 4.40. The molecule has 0 saturated heterocycles. The smallest absolute Gasteiger partial charge is 0.124 e. The Balaban J connectivity index is 2.48. The molecule has 18 heavy (non-hydrogen) atoms. The zero-order chi connectivity index (χ0) is 13.3. The van der Waals surface area contributed by atoms with E-state index in [0.29, 0.717) is 13.7 Å². The highest BCUT2D eigenvalue weighted by Crippen LogP contribution is 2.39. The molecule has 6 heteroatoms. The van der Waals surface area contributed by atoms with Gasteiger partial charge in [0.05, 0.1) is 14.7 Å². The largest absolute Gasteiger partial charge is 0.309 e. The Morgan fingerprint density at radius 2 is 1.89 bits per heavy atom. The summed E-state index contributed by atoms with van der Waals surface area (Å²) in [5, 5.41) is 3.46. The molecular formula is C12H9Cl3FNS. The van der Waals surface area contributed by atoms with E-state index in [0.717, 1.165) is 11.1 Å². The van der Waals surface area contributed by atoms with Gasteiger partial charge in [-0.3, -0.25) is 0 Å². The molecule has 0 aliphatic rings. The standard InChI is InChI=1S/C12H9Cl3FNS/c1-17-11(8-5-10(14)18-12(8)15)7-3-2-6(16)4-9(7)13/h2-5,11,17H,1H3. The molecule has 0 radical (unpaired) electrons. The molecular weight excluding hydrogens is 316 g/mol. The van der Waals surface area contributed by atoms with Gasteiger partial charge in [0.2, 0.25) is 0 Å². The Morgan fingerprint density at radius 3 is 2.39 bits per heavy atom. The van der Waals surface area contributed by atoms with Crippen molar-refractivity contribution >= 4 is 46.1 Å². The second kappa shape index (κ2) is 5.76. The number of thiophene rings is 1. The first-order valence-corrected chi connectivity index (χ1v) is 7.05. The molecule has 0 saturated carbocycles. The summed E-state index contributed by atoms with van der Waals surface area (Å²) in [7, 11) is 1.78. The minimum Gasteiger partial charge on any atom is -0.309 e. The zero-order valence-corrected chi connectivity index (χ0v) is 12.4. The summed E-state index contributed by atoms with van der Waals surface area (Å²) < 4.78 is 14.3. The van der Waals surface area contributed by atoms with Crippen molar-refractivity contribution < 1.29 is 4.39 Å². The van der Waals surface area contributed by atoms with Crippen LogP contribution >= 0.6 is 46.1 Å². The molecule has 96 valence electrons. The number of nitrogens with one attached hydrogen (secondary N) is 1. The SMILES string of the molecule is CNC(c1ccc(F)cc1Cl)c1cc(Cl)sc1Cl. The Bertz CT molecular complexity index is 570. The summed E-state index contributed by atoms with van der Waals surface area (Å²) >= 11 is 19.4. The van der Waals surface area contributed by atoms with Gasteiger partial charge >= 0.3 is 0 Å². The molecule has 1 atom stereocenters. The van der Waals surface area contributed by atoms with Gasteiger partial charge < -0.3 is 5.32 Å². The van der Waals surface area contributed by atoms with Crippen molar-refractivity contribution in [1.82, 2.24) is 5.32 Å². The molecule has 1 aromatic heterocycles. The van der Waals surface area contributed by atoms with Crippen LogP contribution in [0.2, 0.25) is 13.7 Å². The van der Waals surface area contributed by atoms with Crippen LogP contribution < -0.4 is 5.32 Å². The average Bonchev–Trinajstić information content (AvgIpc) is 2.62. The highest BCUT2D eigenvalue weighted by molar-refractivity contribution is 7.20. The first-order chi connectivity index (χ1) is 8.52. The zero-order valence-electron chi connectivity index (χ0n) is 9.31. The van der Waals surface area contributed by atoms with E-state index >= 15 is 0 Å². The number of benzene rings is 1. The molecule has 0 bridgehead atoms. The summed E-state index contributed by atoms with van der Waals surface area (Å²) in [4.78, 5) is 0. The maximum Gasteiger partial charge on any atom is 0.124 e. The number of hydrogen-bond acceptors (Lipinski definition) is 2. The maximum atomic E-state index is 13.1. The van der Waals surface area contributed by atoms with Crippen molar-refractivity contribution in [2.75, 3.05) is 7.05 Å². The van der Waals surface area contributed by atoms with Crippen molar-refractivity contribution in [2.45, 2.75) is 6.04 Å². The van der Waals surface area contributed by atoms with Crippen LogP contribution in [0, 0.1) is 5.82 Å². The number of rotatable bonds is 3. The van der Waals surface area contributed by atoms with Gasteiger partial charge in [0, 0.05) is 10.6 Å². The third kappa shape index (κ3) is 2.81. The molecule has 1 unspecified atom stereocenters. The molecule has 0 spiro atoms. The first-order valence-electron chi connectivity index (χ1n) is 5.10. The second-order valence-corrected chi connectivity index (χ2v) is 6.36. The van der Waals surface area contributed by atoms with Crippen LogP contribution in [-0.2, 0) is 0 Å². The lowest BCUT2D eigenvalue weighted by Gasteiger charge is -2.17. The van der Waals surface area contributed by atoms with E-state index in [4.69, 9.17) is 34.8 Å². The van der Waals surface area contributed by atoms with Crippen LogP contribution in [0.1, 0.15) is 17.2 Å². The van der Waals surface area contributed by atoms with E-state index in [-0.39, 0.29) is 11.9 Å². The summed E-state index contributed by atoms with van der Waals surface area (Å²) in [6, 6.07) is 5.86. The molecule has 0 aliphatic heterocycles. The molecule has 2 aromatic rings. The van der Waals surface area contributed by atoms with Crippen molar-refractivity contribution in [1.29, 1.82) is 0 Å². The van der Waals surface area contributed by atoms with Crippen LogP contribution in [0.5, 0.6) is 0 Å². The summed E-state index contributed by atoms with van der Waals surface area (Å²) in [5.74, 6) is -0.368. The molecule has 1 nitrogen and oxygen atoms in total. The lowest BCUT2D eigenvalue weighted by molar-refractivity contribution is 0.623. The predicted octanol–water partition coefficient (Wildman–Crippen LogP) is 5.16. The van der Waals surface area contributed by atoms with Crippen LogP contribution in [0.3, 0.4) is 0 Å². The van der Waals surface area contributed by atoms with E-state index in [1.54, 1.807) is 19.2 Å². The van der Waals surface area contributed by atoms with Gasteiger partial charge in [-0.05, 0) is 30.8 Å². The number of hydrogen-bond donors (Lipinski definition) is 1. The van der Waals surface area contributed by atoms with Crippen LogP contribution in [0.4, 0.5) is 4.39 Å². The van der Waals surface area contributed by atoms with E-state index < -0.39 is 0 Å². The fourth-order valence-corrected chi connectivity index (χ4v) is 3.57. The highest BCUT2D eigenvalue weighted by atomic mass is 35.5. The van der Waals surface area contributed by atoms with Crippen molar-refractivity contribution in [3.05, 3.63) is 54.9 Å². The normalized spacial score (nSPS) is 12.7. The molecule has 0 aliphatic carbocycles. The Labute approximate surface area is 123 Å². The van der Waals surface area contributed by atoms with Crippen molar-refractivity contribution in [3.8, 4) is 0 Å². The van der Waals surface area contributed by atoms with E-state index in [2.05, 4.69) is 5.32 Å². The van der Waals surface area contributed by atoms with Crippen LogP contribution in [0.15, 0.2) is 24.3 Å². The maximum absolute atomic E-state index is 13.1. The monoisotopic (exact) mass is 323 g/mol. The fourth-order valence-electron chi connectivity index (χ4n) is 1.76. The molecule has 1 N–H and O–H groups in total. The quantitative estimate of drug-likeness (QED) is 0.822. The van der Waals surface area contributed by atoms with Crippen LogP contribution in [0.25, 0.3) is 0 Å². The van der Waals surface area contributed by atoms with Crippen molar-refractivity contribution in [2.24, 2.45) is 0 Å². The van der Waals surface area contributed by atoms with Crippen LogP contribution in [-0.4, -0.2) is 7.05 Å². The van der Waals surface area contributed by atoms with E-state index in [9.17, 15) is 4.39 Å². The minimum atomic E-state index is -0.368. The lowest BCUT2D eigenvalue weighted by Crippen LogP contribution is -2.17. The third-order valence-electron chi connectivity index (χ3n) is 2.56. The van der Waals surface area contributed by atoms with Gasteiger partial charge in [0.15, 0.2) is 0 Å². The first kappa shape index (κ1) is 14.1. The molecule has 1 aromatic carbocycles. The van der Waals surface area contributed by atoms with Gasteiger partial charge in [0.25, 0.3) is 0 Å². The van der Waals surface area contributed by atoms with E-state index in [1.165, 1.54) is 23.5 Å². The Hall–Kier alpha value is -0.320. The minimum absolute atomic E-state index is 0.214. The molecule has 0 fully saturated rings. The van der Waals surface area contributed by atoms with Gasteiger partial charge in [-0.2, -0.15) is 0 Å². The van der Waals surface area contributed by atoms with Gasteiger partial charge in [0.1, 0.15) is 5.82 Å². The van der Waals surface area contributed by atoms with E-state index in [1.807, 2.05) is 0 Å². The topological polar surface area (TPSA) is 12.0 Å². The summed E-state index contributed by atoms with van der Waals surface area (Å²) in [6.07, 6.45) is 0. The highest BCUT2D eigenvalue weighted by Gasteiger charge is 2.20. The second-order valence-electron chi connectivity index (χ2n) is 3.67. The van der Waals surface area contributed by atoms with Crippen molar-refractivity contribution in [3.63, 3.8) is 0 Å². The molecule has 2 rings (SSSR count). The summed E-state index contributed by atoms with van der Waals surface area (Å²) in [5.41, 5.74) is 1.60. The molecule has 1 heterocycles. The molecule has 0 amide bonds. The number of halogens is 4. The predicted molar refractivity (Wildman–Crippen MR) is 76.7 cm³/mol. The average molecular weight is 325 g/mol. The fraction of sp³-hybridized carbons (Fsp3) is 0.167.